The zero-order valence-corrected chi connectivity index (χ0v) is 12.3. The van der Waals surface area contributed by atoms with E-state index in [9.17, 15) is 9.59 Å². The van der Waals surface area contributed by atoms with Crippen molar-refractivity contribution in [2.75, 3.05) is 6.54 Å². The van der Waals surface area contributed by atoms with Gasteiger partial charge < -0.3 is 10.8 Å². The predicted molar refractivity (Wildman–Crippen MR) is 81.2 cm³/mol. The van der Waals surface area contributed by atoms with E-state index in [1.807, 2.05) is 24.3 Å². The zero-order chi connectivity index (χ0) is 15.2. The predicted octanol–water partition coefficient (Wildman–Crippen LogP) is 2.65. The van der Waals surface area contributed by atoms with Crippen LogP contribution in [-0.2, 0) is 11.2 Å². The third kappa shape index (κ3) is 4.39. The van der Waals surface area contributed by atoms with Crippen molar-refractivity contribution >= 4 is 11.8 Å². The topological polar surface area (TPSA) is 80.4 Å². The molecule has 0 aromatic heterocycles. The number of carbonyl (C=O) groups excluding carboxylic acids is 1. The second-order valence-corrected chi connectivity index (χ2v) is 5.91. The van der Waals surface area contributed by atoms with Gasteiger partial charge in [0.15, 0.2) is 5.78 Å². The van der Waals surface area contributed by atoms with E-state index in [1.54, 1.807) is 0 Å². The van der Waals surface area contributed by atoms with Gasteiger partial charge in [0, 0.05) is 17.9 Å². The summed E-state index contributed by atoms with van der Waals surface area (Å²) in [6, 6.07) is 7.38. The minimum atomic E-state index is -0.799. The number of nitrogens with two attached hydrogens (primary N) is 1. The summed E-state index contributed by atoms with van der Waals surface area (Å²) in [4.78, 5) is 23.0. The van der Waals surface area contributed by atoms with E-state index in [0.717, 1.165) is 43.4 Å². The molecule has 1 aromatic rings. The van der Waals surface area contributed by atoms with Crippen LogP contribution in [0.25, 0.3) is 0 Å². The number of ketones is 1. The first-order chi connectivity index (χ1) is 10.1. The number of carboxylic acids is 1. The van der Waals surface area contributed by atoms with Crippen molar-refractivity contribution in [1.82, 2.24) is 0 Å². The monoisotopic (exact) mass is 289 g/mol. The molecule has 0 radical (unpaired) electrons. The van der Waals surface area contributed by atoms with E-state index in [0.29, 0.717) is 12.3 Å². The highest BCUT2D eigenvalue weighted by atomic mass is 16.4. The Bertz CT molecular complexity index is 487. The van der Waals surface area contributed by atoms with E-state index < -0.39 is 5.97 Å². The van der Waals surface area contributed by atoms with Gasteiger partial charge in [-0.3, -0.25) is 9.59 Å². The van der Waals surface area contributed by atoms with E-state index >= 15 is 0 Å². The summed E-state index contributed by atoms with van der Waals surface area (Å²) in [6.07, 6.45) is 4.58. The van der Waals surface area contributed by atoms with E-state index in [4.69, 9.17) is 10.8 Å². The van der Waals surface area contributed by atoms with E-state index in [1.165, 1.54) is 0 Å². The van der Waals surface area contributed by atoms with Crippen molar-refractivity contribution in [2.45, 2.75) is 38.5 Å². The highest BCUT2D eigenvalue weighted by molar-refractivity contribution is 5.97. The van der Waals surface area contributed by atoms with Crippen molar-refractivity contribution in [3.05, 3.63) is 35.4 Å². The van der Waals surface area contributed by atoms with Crippen LogP contribution in [0.2, 0.25) is 0 Å². The molecule has 3 N–H and O–H groups in total. The Morgan fingerprint density at radius 3 is 2.24 bits per heavy atom. The molecule has 0 bridgehead atoms. The number of carbonyl (C=O) groups is 2. The third-order valence-electron chi connectivity index (χ3n) is 4.42. The average molecular weight is 289 g/mol. The van der Waals surface area contributed by atoms with Crippen molar-refractivity contribution in [3.8, 4) is 0 Å². The molecule has 4 nitrogen and oxygen atoms in total. The Morgan fingerprint density at radius 1 is 1.10 bits per heavy atom. The minimum Gasteiger partial charge on any atom is -0.481 e. The molecule has 1 aromatic carbocycles. The van der Waals surface area contributed by atoms with Gasteiger partial charge in [0.25, 0.3) is 0 Å². The molecule has 114 valence electrons. The van der Waals surface area contributed by atoms with Gasteiger partial charge >= 0.3 is 5.97 Å². The molecule has 0 aliphatic heterocycles. The molecule has 0 unspecified atom stereocenters. The molecule has 1 aliphatic carbocycles. The van der Waals surface area contributed by atoms with Crippen LogP contribution in [0.5, 0.6) is 0 Å². The lowest BCUT2D eigenvalue weighted by molar-refractivity contribution is -0.136. The maximum absolute atomic E-state index is 12.4. The smallest absolute Gasteiger partial charge is 0.303 e. The lowest BCUT2D eigenvalue weighted by Gasteiger charge is -2.26. The van der Waals surface area contributed by atoms with Crippen LogP contribution in [0, 0.1) is 11.8 Å². The average Bonchev–Trinajstić information content (AvgIpc) is 2.53. The fourth-order valence-corrected chi connectivity index (χ4v) is 2.98. The molecule has 4 heteroatoms. The second-order valence-electron chi connectivity index (χ2n) is 5.91. The van der Waals surface area contributed by atoms with Gasteiger partial charge in [-0.15, -0.1) is 0 Å². The fraction of sp³-hybridized carbons (Fsp3) is 0.529. The molecule has 0 spiro atoms. The molecule has 1 fully saturated rings. The van der Waals surface area contributed by atoms with Crippen molar-refractivity contribution in [3.63, 3.8) is 0 Å². The normalized spacial score (nSPS) is 22.0. The van der Waals surface area contributed by atoms with Crippen LogP contribution in [0.3, 0.4) is 0 Å². The van der Waals surface area contributed by atoms with Gasteiger partial charge in [0.2, 0.25) is 0 Å². The Labute approximate surface area is 125 Å². The zero-order valence-electron chi connectivity index (χ0n) is 12.3. The number of Topliss-reactive ketones (excluding diaryl/α,β-unsaturated/α-hetero) is 1. The summed E-state index contributed by atoms with van der Waals surface area (Å²) in [6.45, 7) is 0.721. The van der Waals surface area contributed by atoms with E-state index in [2.05, 4.69) is 0 Å². The summed E-state index contributed by atoms with van der Waals surface area (Å²) in [5, 5.41) is 8.67. The number of aliphatic carboxylic acids is 1. The third-order valence-corrected chi connectivity index (χ3v) is 4.42. The van der Waals surface area contributed by atoms with Crippen LogP contribution in [0.1, 0.15) is 48.0 Å². The van der Waals surface area contributed by atoms with Crippen molar-refractivity contribution in [1.29, 1.82) is 0 Å². The summed E-state index contributed by atoms with van der Waals surface area (Å²) < 4.78 is 0. The summed E-state index contributed by atoms with van der Waals surface area (Å²) in [5.74, 6) is 0.118. The number of aryl methyl sites for hydroxylation is 1. The molecule has 0 amide bonds. The van der Waals surface area contributed by atoms with Gasteiger partial charge in [-0.1, -0.05) is 24.3 Å². The van der Waals surface area contributed by atoms with Crippen LogP contribution >= 0.6 is 0 Å². The highest BCUT2D eigenvalue weighted by Crippen LogP contribution is 2.30. The number of hydrogen-bond acceptors (Lipinski definition) is 3. The van der Waals surface area contributed by atoms with Gasteiger partial charge in [0.05, 0.1) is 0 Å². The number of benzene rings is 1. The Morgan fingerprint density at radius 2 is 1.71 bits per heavy atom. The first-order valence-corrected chi connectivity index (χ1v) is 7.65. The molecule has 0 saturated heterocycles. The van der Waals surface area contributed by atoms with Crippen molar-refractivity contribution < 1.29 is 14.7 Å². The van der Waals surface area contributed by atoms with Crippen LogP contribution in [0.4, 0.5) is 0 Å². The first kappa shape index (κ1) is 15.7. The standard InChI is InChI=1S/C17H23NO3/c18-11-13-3-8-15(9-4-13)17(21)14-6-1-12(2-7-14)5-10-16(19)20/h1-2,6-7,13,15H,3-5,8-11,18H2,(H,19,20)/t13-,15+. The Balaban J connectivity index is 1.92. The minimum absolute atomic E-state index is 0.121. The second kappa shape index (κ2) is 7.36. The van der Waals surface area contributed by atoms with E-state index in [-0.39, 0.29) is 18.1 Å². The maximum atomic E-state index is 12.4. The fourth-order valence-electron chi connectivity index (χ4n) is 2.98. The molecular weight excluding hydrogens is 266 g/mol. The molecule has 1 aliphatic rings. The number of rotatable bonds is 6. The first-order valence-electron chi connectivity index (χ1n) is 7.65. The lowest BCUT2D eigenvalue weighted by Crippen LogP contribution is -2.25. The number of carboxylic acid groups (broad SMARTS) is 1. The summed E-state index contributed by atoms with van der Waals surface area (Å²) >= 11 is 0. The lowest BCUT2D eigenvalue weighted by atomic mass is 9.78. The van der Waals surface area contributed by atoms with Crippen molar-refractivity contribution in [2.24, 2.45) is 17.6 Å². The summed E-state index contributed by atoms with van der Waals surface area (Å²) in [7, 11) is 0. The molecule has 2 rings (SSSR count). The number of hydrogen-bond donors (Lipinski definition) is 2. The van der Waals surface area contributed by atoms with Crippen LogP contribution in [0.15, 0.2) is 24.3 Å². The molecule has 0 heterocycles. The van der Waals surface area contributed by atoms with Gasteiger partial charge in [-0.05, 0) is 50.1 Å². The largest absolute Gasteiger partial charge is 0.481 e. The van der Waals surface area contributed by atoms with Gasteiger partial charge in [-0.25, -0.2) is 0 Å². The van der Waals surface area contributed by atoms with Gasteiger partial charge in [-0.2, -0.15) is 0 Å². The molecule has 21 heavy (non-hydrogen) atoms. The molecular formula is C17H23NO3. The van der Waals surface area contributed by atoms with Crippen LogP contribution < -0.4 is 5.73 Å². The maximum Gasteiger partial charge on any atom is 0.303 e. The van der Waals surface area contributed by atoms with Gasteiger partial charge in [0.1, 0.15) is 0 Å². The SMILES string of the molecule is NC[C@H]1CC[C@@H](C(=O)c2ccc(CCC(=O)O)cc2)CC1. The molecule has 0 atom stereocenters. The molecule has 1 saturated carbocycles. The van der Waals surface area contributed by atoms with Crippen LogP contribution in [-0.4, -0.2) is 23.4 Å². The Hall–Kier alpha value is -1.68. The highest BCUT2D eigenvalue weighted by Gasteiger charge is 2.26. The Kier molecular flexibility index (Phi) is 5.51. The summed E-state index contributed by atoms with van der Waals surface area (Å²) in [5.41, 5.74) is 7.38. The quantitative estimate of drug-likeness (QED) is 0.789.